The number of rotatable bonds is 5. The summed E-state index contributed by atoms with van der Waals surface area (Å²) < 4.78 is 5.92. The summed E-state index contributed by atoms with van der Waals surface area (Å²) in [6, 6.07) is 17.2. The lowest BCUT2D eigenvalue weighted by Crippen LogP contribution is -2.38. The summed E-state index contributed by atoms with van der Waals surface area (Å²) in [5, 5.41) is 11.4. The largest absolute Gasteiger partial charge is 0.500 e. The van der Waals surface area contributed by atoms with Crippen molar-refractivity contribution >= 4 is 11.4 Å². The van der Waals surface area contributed by atoms with Crippen LogP contribution in [0.15, 0.2) is 83.4 Å². The molecule has 0 fully saturated rings. The molecule has 1 aliphatic carbocycles. The Morgan fingerprint density at radius 3 is 1.83 bits per heavy atom. The number of aliphatic hydroxyl groups is 1. The zero-order valence-electron chi connectivity index (χ0n) is 22.1. The highest BCUT2D eigenvalue weighted by Crippen LogP contribution is 2.52. The molecule has 0 bridgehead atoms. The number of para-hydroxylation sites is 2. The first kappa shape index (κ1) is 23.7. The van der Waals surface area contributed by atoms with E-state index in [2.05, 4.69) is 112 Å². The lowest BCUT2D eigenvalue weighted by Gasteiger charge is -2.38. The van der Waals surface area contributed by atoms with Gasteiger partial charge in [0.05, 0.1) is 19.1 Å². The van der Waals surface area contributed by atoms with Gasteiger partial charge in [0.15, 0.2) is 0 Å². The maximum atomic E-state index is 11.4. The molecular weight excluding hydrogens is 432 g/mol. The number of benzene rings is 2. The minimum absolute atomic E-state index is 0.131. The van der Waals surface area contributed by atoms with Crippen LogP contribution >= 0.6 is 0 Å². The SMILES string of the molecule is CCN1/C(=C/C2=C(OC)C(/C=C3/N(CC)c4ccccc4C3(C)C)C2O)C(C)(C)c2ccccc21. The van der Waals surface area contributed by atoms with Crippen LogP contribution in [0.5, 0.6) is 0 Å². The Labute approximate surface area is 210 Å². The zero-order chi connectivity index (χ0) is 25.1. The van der Waals surface area contributed by atoms with Crippen LogP contribution in [0.4, 0.5) is 11.4 Å². The first-order valence-electron chi connectivity index (χ1n) is 12.8. The lowest BCUT2D eigenvalue weighted by molar-refractivity contribution is 0.0940. The summed E-state index contributed by atoms with van der Waals surface area (Å²) in [4.78, 5) is 4.74. The van der Waals surface area contributed by atoms with Crippen LogP contribution in [-0.4, -0.2) is 31.4 Å². The Morgan fingerprint density at radius 2 is 1.31 bits per heavy atom. The van der Waals surface area contributed by atoms with Gasteiger partial charge in [0.1, 0.15) is 5.76 Å². The van der Waals surface area contributed by atoms with Crippen LogP contribution in [0, 0.1) is 5.92 Å². The van der Waals surface area contributed by atoms with E-state index in [9.17, 15) is 5.11 Å². The van der Waals surface area contributed by atoms with Gasteiger partial charge >= 0.3 is 0 Å². The molecule has 4 nitrogen and oxygen atoms in total. The van der Waals surface area contributed by atoms with Gasteiger partial charge in [-0.25, -0.2) is 0 Å². The van der Waals surface area contributed by atoms with Crippen LogP contribution in [0.1, 0.15) is 52.7 Å². The maximum Gasteiger partial charge on any atom is 0.111 e. The number of allylic oxidation sites excluding steroid dienone is 2. The fourth-order valence-corrected chi connectivity index (χ4v) is 6.40. The highest BCUT2D eigenvalue weighted by molar-refractivity contribution is 5.72. The Balaban J connectivity index is 1.56. The molecule has 0 radical (unpaired) electrons. The highest BCUT2D eigenvalue weighted by Gasteiger charge is 2.46. The van der Waals surface area contributed by atoms with Crippen LogP contribution in [0.2, 0.25) is 0 Å². The van der Waals surface area contributed by atoms with Gasteiger partial charge in [-0.1, -0.05) is 70.2 Å². The molecule has 2 atom stereocenters. The standard InChI is InChI=1S/C31H38N2O2/c1-8-32-24-16-12-10-14-22(24)30(3,4)26(32)18-20-28(34)21(29(20)35-7)19-27-31(5,6)23-15-11-13-17-25(23)33(27)9-2/h10-20,28,34H,8-9H2,1-7H3/b26-18+,27-19+. The van der Waals surface area contributed by atoms with E-state index in [1.165, 1.54) is 33.9 Å². The Bertz CT molecular complexity index is 1250. The van der Waals surface area contributed by atoms with Crippen molar-refractivity contribution in [2.75, 3.05) is 30.0 Å². The molecule has 0 saturated carbocycles. The molecule has 2 aromatic rings. The fraction of sp³-hybridized carbons (Fsp3) is 0.419. The molecule has 0 saturated heterocycles. The number of likely N-dealkylation sites (N-methyl/N-ethyl adjacent to an activating group) is 2. The second-order valence-electron chi connectivity index (χ2n) is 10.8. The Hall–Kier alpha value is -2.98. The average molecular weight is 471 g/mol. The van der Waals surface area contributed by atoms with Gasteiger partial charge in [0.25, 0.3) is 0 Å². The topological polar surface area (TPSA) is 35.9 Å². The number of nitrogens with zero attached hydrogens (tertiary/aromatic N) is 2. The van der Waals surface area contributed by atoms with Crippen LogP contribution in [-0.2, 0) is 15.6 Å². The van der Waals surface area contributed by atoms with Gasteiger partial charge in [0, 0.05) is 52.3 Å². The van der Waals surface area contributed by atoms with E-state index in [0.717, 1.165) is 24.4 Å². The van der Waals surface area contributed by atoms with Crippen LogP contribution in [0.3, 0.4) is 0 Å². The first-order chi connectivity index (χ1) is 16.7. The summed E-state index contributed by atoms with van der Waals surface area (Å²) in [5.74, 6) is 0.703. The van der Waals surface area contributed by atoms with E-state index in [0.29, 0.717) is 0 Å². The number of fused-ring (bicyclic) bond motifs is 2. The third-order valence-electron chi connectivity index (χ3n) is 8.33. The predicted octanol–water partition coefficient (Wildman–Crippen LogP) is 6.28. The zero-order valence-corrected chi connectivity index (χ0v) is 22.1. The molecule has 0 amide bonds. The summed E-state index contributed by atoms with van der Waals surface area (Å²) >= 11 is 0. The molecule has 35 heavy (non-hydrogen) atoms. The molecule has 2 aliphatic heterocycles. The molecule has 0 aromatic heterocycles. The quantitative estimate of drug-likeness (QED) is 0.558. The third kappa shape index (κ3) is 3.30. The molecule has 184 valence electrons. The number of anilines is 2. The van der Waals surface area contributed by atoms with E-state index in [4.69, 9.17) is 4.74 Å². The van der Waals surface area contributed by atoms with E-state index in [1.54, 1.807) is 7.11 Å². The summed E-state index contributed by atoms with van der Waals surface area (Å²) in [7, 11) is 1.73. The van der Waals surface area contributed by atoms with Gasteiger partial charge in [-0.05, 0) is 43.2 Å². The van der Waals surface area contributed by atoms with Crippen molar-refractivity contribution in [1.82, 2.24) is 0 Å². The number of aliphatic hydroxyl groups excluding tert-OH is 1. The van der Waals surface area contributed by atoms with E-state index >= 15 is 0 Å². The van der Waals surface area contributed by atoms with Crippen molar-refractivity contribution in [3.63, 3.8) is 0 Å². The Morgan fingerprint density at radius 1 is 0.829 bits per heavy atom. The smallest absolute Gasteiger partial charge is 0.111 e. The fourth-order valence-electron chi connectivity index (χ4n) is 6.40. The summed E-state index contributed by atoms with van der Waals surface area (Å²) in [6.07, 6.45) is 3.82. The summed E-state index contributed by atoms with van der Waals surface area (Å²) in [6.45, 7) is 15.2. The minimum atomic E-state index is -0.596. The van der Waals surface area contributed by atoms with Crippen molar-refractivity contribution < 1.29 is 9.84 Å². The van der Waals surface area contributed by atoms with E-state index in [-0.39, 0.29) is 16.7 Å². The molecule has 2 heterocycles. The van der Waals surface area contributed by atoms with Gasteiger partial charge in [0.2, 0.25) is 0 Å². The number of hydrogen-bond acceptors (Lipinski definition) is 4. The van der Waals surface area contributed by atoms with E-state index < -0.39 is 6.10 Å². The number of ether oxygens (including phenoxy) is 1. The van der Waals surface area contributed by atoms with E-state index in [1.807, 2.05) is 0 Å². The molecule has 5 rings (SSSR count). The van der Waals surface area contributed by atoms with Gasteiger partial charge in [-0.3, -0.25) is 0 Å². The van der Waals surface area contributed by atoms with Crippen molar-refractivity contribution in [2.24, 2.45) is 5.92 Å². The normalized spacial score (nSPS) is 26.3. The Kier molecular flexibility index (Phi) is 5.63. The van der Waals surface area contributed by atoms with Crippen molar-refractivity contribution in [1.29, 1.82) is 0 Å². The maximum absolute atomic E-state index is 11.4. The van der Waals surface area contributed by atoms with Crippen molar-refractivity contribution in [3.05, 3.63) is 94.5 Å². The number of hydrogen-bond donors (Lipinski definition) is 1. The predicted molar refractivity (Wildman–Crippen MR) is 145 cm³/mol. The van der Waals surface area contributed by atoms with Gasteiger partial charge in [-0.15, -0.1) is 0 Å². The highest BCUT2D eigenvalue weighted by atomic mass is 16.5. The van der Waals surface area contributed by atoms with Gasteiger partial charge < -0.3 is 19.6 Å². The molecular formula is C31H38N2O2. The summed E-state index contributed by atoms with van der Waals surface area (Å²) in [5.41, 5.74) is 8.22. The van der Waals surface area contributed by atoms with Crippen LogP contribution in [0.25, 0.3) is 0 Å². The molecule has 2 aromatic carbocycles. The molecule has 4 heteroatoms. The van der Waals surface area contributed by atoms with Crippen LogP contribution < -0.4 is 9.80 Å². The second-order valence-corrected chi connectivity index (χ2v) is 10.8. The third-order valence-corrected chi connectivity index (χ3v) is 8.33. The lowest BCUT2D eigenvalue weighted by atomic mass is 9.75. The molecule has 2 unspecified atom stereocenters. The van der Waals surface area contributed by atoms with Crippen molar-refractivity contribution in [2.45, 2.75) is 58.5 Å². The van der Waals surface area contributed by atoms with Gasteiger partial charge in [-0.2, -0.15) is 0 Å². The molecule has 0 spiro atoms. The molecule has 1 N–H and O–H groups in total. The van der Waals surface area contributed by atoms with Crippen molar-refractivity contribution in [3.8, 4) is 0 Å². The minimum Gasteiger partial charge on any atom is -0.500 e. The average Bonchev–Trinajstić information content (AvgIpc) is 3.21. The monoisotopic (exact) mass is 470 g/mol. The molecule has 3 aliphatic rings. The second kappa shape index (κ2) is 8.30. The number of methoxy groups -OCH3 is 1. The first-order valence-corrected chi connectivity index (χ1v) is 12.8.